The Bertz CT molecular complexity index is 221. The summed E-state index contributed by atoms with van der Waals surface area (Å²) in [6.07, 6.45) is 0.875. The van der Waals surface area contributed by atoms with Gasteiger partial charge in [-0.2, -0.15) is 0 Å². The van der Waals surface area contributed by atoms with Gasteiger partial charge < -0.3 is 20.3 Å². The molecule has 2 N–H and O–H groups in total. The summed E-state index contributed by atoms with van der Waals surface area (Å²) in [6.45, 7) is 3.48. The predicted octanol–water partition coefficient (Wildman–Crippen LogP) is -0.200. The summed E-state index contributed by atoms with van der Waals surface area (Å²) in [5.74, 6) is -0.417. The molecule has 6 nitrogen and oxygen atoms in total. The predicted molar refractivity (Wildman–Crippen MR) is 61.2 cm³/mol. The van der Waals surface area contributed by atoms with Crippen molar-refractivity contribution in [3.8, 4) is 0 Å². The summed E-state index contributed by atoms with van der Waals surface area (Å²) in [5, 5.41) is 5.48. The average Bonchev–Trinajstić information content (AvgIpc) is 2.26. The van der Waals surface area contributed by atoms with Crippen LogP contribution in [-0.4, -0.2) is 57.2 Å². The highest BCUT2D eigenvalue weighted by Crippen LogP contribution is 1.87. The molecule has 0 atom stereocenters. The van der Waals surface area contributed by atoms with Gasteiger partial charge in [0, 0.05) is 13.6 Å². The van der Waals surface area contributed by atoms with Crippen molar-refractivity contribution in [3.05, 3.63) is 0 Å². The van der Waals surface area contributed by atoms with Crippen LogP contribution in [0, 0.1) is 0 Å². The number of nitrogens with zero attached hydrogens (tertiary/aromatic N) is 1. The second-order valence-electron chi connectivity index (χ2n) is 3.34. The topological polar surface area (TPSA) is 70.7 Å². The minimum absolute atomic E-state index is 0.0803. The summed E-state index contributed by atoms with van der Waals surface area (Å²) in [7, 11) is 3.55. The Kier molecular flexibility index (Phi) is 8.24. The van der Waals surface area contributed by atoms with Crippen LogP contribution in [0.4, 0.5) is 4.79 Å². The van der Waals surface area contributed by atoms with Crippen LogP contribution in [0.2, 0.25) is 0 Å². The Morgan fingerprint density at radius 2 is 2.06 bits per heavy atom. The van der Waals surface area contributed by atoms with Crippen LogP contribution >= 0.6 is 0 Å². The first-order chi connectivity index (χ1) is 7.61. The number of urea groups is 1. The number of esters is 1. The standard InChI is InChI=1S/C10H21N3O3/c1-4-16-9(14)8-12-10(15)13(3)7-5-6-11-2/h11H,4-8H2,1-3H3,(H,12,15). The molecule has 0 aromatic carbocycles. The first-order valence-electron chi connectivity index (χ1n) is 5.41. The molecule has 16 heavy (non-hydrogen) atoms. The Labute approximate surface area is 96.3 Å². The summed E-state index contributed by atoms with van der Waals surface area (Å²) in [4.78, 5) is 23.9. The van der Waals surface area contributed by atoms with Crippen molar-refractivity contribution in [3.63, 3.8) is 0 Å². The number of rotatable bonds is 7. The van der Waals surface area contributed by atoms with E-state index < -0.39 is 5.97 Å². The van der Waals surface area contributed by atoms with Crippen LogP contribution in [0.1, 0.15) is 13.3 Å². The van der Waals surface area contributed by atoms with Crippen molar-refractivity contribution in [2.75, 3.05) is 40.3 Å². The normalized spacial score (nSPS) is 9.69. The van der Waals surface area contributed by atoms with Crippen molar-refractivity contribution in [1.29, 1.82) is 0 Å². The number of carbonyl (C=O) groups is 2. The number of ether oxygens (including phenoxy) is 1. The maximum atomic E-state index is 11.4. The molecule has 0 fully saturated rings. The van der Waals surface area contributed by atoms with Gasteiger partial charge in [-0.1, -0.05) is 0 Å². The van der Waals surface area contributed by atoms with E-state index in [-0.39, 0.29) is 12.6 Å². The number of nitrogens with one attached hydrogen (secondary N) is 2. The molecule has 0 heterocycles. The van der Waals surface area contributed by atoms with Crippen LogP contribution in [0.15, 0.2) is 0 Å². The fourth-order valence-corrected chi connectivity index (χ4v) is 1.09. The molecule has 0 unspecified atom stereocenters. The van der Waals surface area contributed by atoms with Crippen molar-refractivity contribution in [2.45, 2.75) is 13.3 Å². The minimum atomic E-state index is -0.417. The van der Waals surface area contributed by atoms with Crippen LogP contribution in [-0.2, 0) is 9.53 Å². The Hall–Kier alpha value is -1.30. The van der Waals surface area contributed by atoms with Gasteiger partial charge in [-0.3, -0.25) is 4.79 Å². The molecule has 0 aliphatic heterocycles. The summed E-state index contributed by atoms with van der Waals surface area (Å²) in [5.41, 5.74) is 0. The fraction of sp³-hybridized carbons (Fsp3) is 0.800. The molecule has 0 saturated carbocycles. The fourth-order valence-electron chi connectivity index (χ4n) is 1.09. The van der Waals surface area contributed by atoms with E-state index in [9.17, 15) is 9.59 Å². The van der Waals surface area contributed by atoms with E-state index in [0.29, 0.717) is 13.2 Å². The van der Waals surface area contributed by atoms with Gasteiger partial charge in [0.2, 0.25) is 0 Å². The number of hydrogen-bond donors (Lipinski definition) is 2. The zero-order chi connectivity index (χ0) is 12.4. The maximum absolute atomic E-state index is 11.4. The van der Waals surface area contributed by atoms with Gasteiger partial charge in [-0.15, -0.1) is 0 Å². The van der Waals surface area contributed by atoms with Crippen molar-refractivity contribution in [1.82, 2.24) is 15.5 Å². The summed E-state index contributed by atoms with van der Waals surface area (Å²) < 4.78 is 4.69. The molecule has 0 aromatic rings. The van der Waals surface area contributed by atoms with Crippen LogP contribution in [0.25, 0.3) is 0 Å². The van der Waals surface area contributed by atoms with Crippen LogP contribution < -0.4 is 10.6 Å². The Balaban J connectivity index is 3.66. The summed E-state index contributed by atoms with van der Waals surface area (Å²) >= 11 is 0. The number of hydrogen-bond acceptors (Lipinski definition) is 4. The highest BCUT2D eigenvalue weighted by atomic mass is 16.5. The van der Waals surface area contributed by atoms with E-state index in [1.165, 1.54) is 4.90 Å². The van der Waals surface area contributed by atoms with E-state index in [0.717, 1.165) is 13.0 Å². The maximum Gasteiger partial charge on any atom is 0.325 e. The first kappa shape index (κ1) is 14.7. The van der Waals surface area contributed by atoms with Crippen LogP contribution in [0.5, 0.6) is 0 Å². The van der Waals surface area contributed by atoms with E-state index >= 15 is 0 Å². The average molecular weight is 231 g/mol. The van der Waals surface area contributed by atoms with Gasteiger partial charge in [0.05, 0.1) is 6.61 Å². The van der Waals surface area contributed by atoms with Gasteiger partial charge in [0.1, 0.15) is 6.54 Å². The molecular formula is C10H21N3O3. The highest BCUT2D eigenvalue weighted by Gasteiger charge is 2.09. The third-order valence-corrected chi connectivity index (χ3v) is 1.96. The number of amides is 2. The molecule has 0 bridgehead atoms. The zero-order valence-corrected chi connectivity index (χ0v) is 10.2. The zero-order valence-electron chi connectivity index (χ0n) is 10.2. The van der Waals surface area contributed by atoms with Crippen molar-refractivity contribution >= 4 is 12.0 Å². The largest absolute Gasteiger partial charge is 0.465 e. The van der Waals surface area contributed by atoms with E-state index in [1.807, 2.05) is 7.05 Å². The molecule has 0 aromatic heterocycles. The molecule has 0 rings (SSSR count). The van der Waals surface area contributed by atoms with Crippen molar-refractivity contribution in [2.24, 2.45) is 0 Å². The van der Waals surface area contributed by atoms with E-state index in [4.69, 9.17) is 0 Å². The van der Waals surface area contributed by atoms with Gasteiger partial charge in [-0.05, 0) is 26.9 Å². The molecule has 0 saturated heterocycles. The van der Waals surface area contributed by atoms with Gasteiger partial charge >= 0.3 is 12.0 Å². The quantitative estimate of drug-likeness (QED) is 0.470. The van der Waals surface area contributed by atoms with E-state index in [1.54, 1.807) is 14.0 Å². The molecule has 2 amide bonds. The third-order valence-electron chi connectivity index (χ3n) is 1.96. The Morgan fingerprint density at radius 3 is 2.62 bits per heavy atom. The molecule has 0 aliphatic carbocycles. The highest BCUT2D eigenvalue weighted by molar-refractivity contribution is 5.80. The SMILES string of the molecule is CCOC(=O)CNC(=O)N(C)CCCNC. The second-order valence-corrected chi connectivity index (χ2v) is 3.34. The lowest BCUT2D eigenvalue weighted by Crippen LogP contribution is -2.41. The monoisotopic (exact) mass is 231 g/mol. The minimum Gasteiger partial charge on any atom is -0.465 e. The lowest BCUT2D eigenvalue weighted by molar-refractivity contribution is -0.141. The van der Waals surface area contributed by atoms with Crippen molar-refractivity contribution < 1.29 is 14.3 Å². The van der Waals surface area contributed by atoms with Gasteiger partial charge in [-0.25, -0.2) is 4.79 Å². The third kappa shape index (κ3) is 7.05. The first-order valence-corrected chi connectivity index (χ1v) is 5.41. The molecule has 0 aliphatic rings. The van der Waals surface area contributed by atoms with E-state index in [2.05, 4.69) is 15.4 Å². The summed E-state index contributed by atoms with van der Waals surface area (Å²) in [6, 6.07) is -0.260. The number of carbonyl (C=O) groups excluding carboxylic acids is 2. The molecule has 0 spiro atoms. The van der Waals surface area contributed by atoms with Crippen LogP contribution in [0.3, 0.4) is 0 Å². The van der Waals surface area contributed by atoms with Gasteiger partial charge in [0.25, 0.3) is 0 Å². The lowest BCUT2D eigenvalue weighted by atomic mass is 10.4. The Morgan fingerprint density at radius 1 is 1.38 bits per heavy atom. The van der Waals surface area contributed by atoms with Gasteiger partial charge in [0.15, 0.2) is 0 Å². The second kappa shape index (κ2) is 8.96. The lowest BCUT2D eigenvalue weighted by Gasteiger charge is -2.17. The molecule has 0 radical (unpaired) electrons. The molecule has 94 valence electrons. The smallest absolute Gasteiger partial charge is 0.325 e. The molecule has 6 heteroatoms. The molecular weight excluding hydrogens is 210 g/mol.